The van der Waals surface area contributed by atoms with Gasteiger partial charge in [-0.25, -0.2) is 0 Å². The quantitative estimate of drug-likeness (QED) is 0.119. The monoisotopic (exact) mass is 914 g/mol. The van der Waals surface area contributed by atoms with Crippen LogP contribution in [0.2, 0.25) is 0 Å². The predicted molar refractivity (Wildman–Crippen MR) is 313 cm³/mol. The smallest absolute Gasteiger partial charge is 0.000730 e. The Balaban J connectivity index is 1.04. The minimum Gasteiger partial charge on any atom is -0.0620 e. The molecule has 0 spiro atoms. The van der Waals surface area contributed by atoms with Crippen LogP contribution in [0.15, 0.2) is 182 Å². The fraction of sp³-hybridized carbons (Fsp3) is 0.111. The third-order valence-corrected chi connectivity index (χ3v) is 17.5. The van der Waals surface area contributed by atoms with Crippen molar-refractivity contribution in [1.29, 1.82) is 0 Å². The lowest BCUT2D eigenvalue weighted by atomic mass is 9.84. The first kappa shape index (κ1) is 40.4. The van der Waals surface area contributed by atoms with Crippen LogP contribution in [0.3, 0.4) is 0 Å². The van der Waals surface area contributed by atoms with Gasteiger partial charge in [0, 0.05) is 0 Å². The fourth-order valence-electron chi connectivity index (χ4n) is 14.4. The number of benzene rings is 13. The maximum Gasteiger partial charge on any atom is -0.000730 e. The third-order valence-electron chi connectivity index (χ3n) is 17.5. The molecule has 1 aliphatic carbocycles. The molecule has 0 aliphatic heterocycles. The number of fused-ring (bicyclic) bond motifs is 12. The summed E-state index contributed by atoms with van der Waals surface area (Å²) >= 11 is 0. The Kier molecular flexibility index (Phi) is 7.96. The van der Waals surface area contributed by atoms with Crippen LogP contribution in [-0.2, 0) is 0 Å². The number of aryl methyl sites for hydroxylation is 2. The Labute approximate surface area is 418 Å². The molecule has 0 atom stereocenters. The second-order valence-electron chi connectivity index (χ2n) is 21.8. The Morgan fingerprint density at radius 1 is 0.250 bits per heavy atom. The minimum absolute atomic E-state index is 0.431. The largest absolute Gasteiger partial charge is 0.0620 e. The summed E-state index contributed by atoms with van der Waals surface area (Å²) in [5, 5.41) is 26.9. The van der Waals surface area contributed by atoms with Gasteiger partial charge in [-0.3, -0.25) is 0 Å². The molecule has 0 N–H and O–H groups in total. The van der Waals surface area contributed by atoms with Gasteiger partial charge in [0.1, 0.15) is 0 Å². The number of rotatable bonds is 5. The van der Waals surface area contributed by atoms with Gasteiger partial charge in [0.05, 0.1) is 0 Å². The van der Waals surface area contributed by atoms with E-state index in [-0.39, 0.29) is 0 Å². The first-order chi connectivity index (χ1) is 35.2. The lowest BCUT2D eigenvalue weighted by Gasteiger charge is -2.20. The summed E-state index contributed by atoms with van der Waals surface area (Å²) in [6, 6.07) is 70.9. The van der Waals surface area contributed by atoms with E-state index in [0.717, 1.165) is 0 Å². The molecule has 1 aliphatic rings. The van der Waals surface area contributed by atoms with E-state index in [1.165, 1.54) is 186 Å². The van der Waals surface area contributed by atoms with Crippen molar-refractivity contribution >= 4 is 108 Å². The second-order valence-corrected chi connectivity index (χ2v) is 21.8. The van der Waals surface area contributed by atoms with Crippen LogP contribution >= 0.6 is 0 Å². The highest BCUT2D eigenvalue weighted by atomic mass is 14.3. The van der Waals surface area contributed by atoms with Gasteiger partial charge < -0.3 is 0 Å². The summed E-state index contributed by atoms with van der Waals surface area (Å²) in [7, 11) is 0. The molecule has 0 saturated carbocycles. The first-order valence-electron chi connectivity index (χ1n) is 26.1. The van der Waals surface area contributed by atoms with Gasteiger partial charge in [0.15, 0.2) is 0 Å². The molecule has 0 heterocycles. The highest BCUT2D eigenvalue weighted by Crippen LogP contribution is 2.58. The topological polar surface area (TPSA) is 0 Å². The molecule has 0 fully saturated rings. The van der Waals surface area contributed by atoms with Crippen LogP contribution < -0.4 is 0 Å². The standard InChI is InChI=1S/C72H50/c1-37(2)43-20-13-21-44(38(3)4)64(43)42-24-25-47-50-26-27-51-53-30-32-56-70-57(33-31-54(69(53)70)52-28-29-55(58(47)34-42)67(50)68(51)52)72-66(46-19-10-8-15-40(46)6)62-36-60-49-23-12-17-41-16-11-22-48(63(41)49)59(60)35-61(62)65(71(56)72)45-18-9-7-14-39(45)5/h7-38H,1-6H3. The average molecular weight is 915 g/mol. The van der Waals surface area contributed by atoms with Crippen molar-refractivity contribution in [2.24, 2.45) is 0 Å². The zero-order valence-corrected chi connectivity index (χ0v) is 41.5. The van der Waals surface area contributed by atoms with Crippen LogP contribution in [0.5, 0.6) is 0 Å². The fourth-order valence-corrected chi connectivity index (χ4v) is 14.4. The van der Waals surface area contributed by atoms with E-state index >= 15 is 0 Å². The SMILES string of the molecule is Cc1ccccc1-c1c2cc3c(cc2c(-c2ccccc2C)c2c4ccc5c6ccc7c8c(ccc(c9ccc(c12)c4c95)c86)-c1ccc(-c2c(C(C)C)cccc2C(C)C)cc1-7)c1cccc2cccc3c21. The van der Waals surface area contributed by atoms with E-state index in [1.54, 1.807) is 0 Å². The average Bonchev–Trinajstić information content (AvgIpc) is 4.04. The van der Waals surface area contributed by atoms with E-state index in [2.05, 4.69) is 224 Å². The molecule has 16 rings (SSSR count). The van der Waals surface area contributed by atoms with Crippen molar-refractivity contribution in [3.05, 3.63) is 204 Å². The van der Waals surface area contributed by atoms with Crippen molar-refractivity contribution in [1.82, 2.24) is 0 Å². The van der Waals surface area contributed by atoms with Gasteiger partial charge in [0.2, 0.25) is 0 Å². The zero-order chi connectivity index (χ0) is 48.0. The van der Waals surface area contributed by atoms with Crippen molar-refractivity contribution in [2.75, 3.05) is 0 Å². The lowest BCUT2D eigenvalue weighted by Crippen LogP contribution is -2.00. The van der Waals surface area contributed by atoms with E-state index in [0.29, 0.717) is 11.8 Å². The normalized spacial score (nSPS) is 12.8. The molecule has 72 heavy (non-hydrogen) atoms. The highest BCUT2D eigenvalue weighted by molar-refractivity contribution is 6.47. The van der Waals surface area contributed by atoms with E-state index in [4.69, 9.17) is 0 Å². The molecule has 0 amide bonds. The molecule has 0 nitrogen and oxygen atoms in total. The summed E-state index contributed by atoms with van der Waals surface area (Å²) in [5.41, 5.74) is 18.8. The van der Waals surface area contributed by atoms with Crippen LogP contribution in [-0.4, -0.2) is 0 Å². The van der Waals surface area contributed by atoms with Crippen molar-refractivity contribution < 1.29 is 0 Å². The van der Waals surface area contributed by atoms with E-state index in [9.17, 15) is 0 Å². The molecule has 15 aromatic carbocycles. The minimum atomic E-state index is 0.431. The zero-order valence-electron chi connectivity index (χ0n) is 41.5. The summed E-state index contributed by atoms with van der Waals surface area (Å²) in [6.45, 7) is 13.9. The molecule has 0 aromatic heterocycles. The predicted octanol–water partition coefficient (Wildman–Crippen LogP) is 21.0. The lowest BCUT2D eigenvalue weighted by molar-refractivity contribution is 0.838. The summed E-state index contributed by atoms with van der Waals surface area (Å²) < 4.78 is 0. The van der Waals surface area contributed by atoms with Crippen molar-refractivity contribution in [2.45, 2.75) is 53.4 Å². The Morgan fingerprint density at radius 3 is 1.21 bits per heavy atom. The van der Waals surface area contributed by atoms with Crippen LogP contribution in [0.25, 0.3) is 163 Å². The Hall–Kier alpha value is -8.32. The molecule has 15 aromatic rings. The number of hydrogen-bond acceptors (Lipinski definition) is 0. The van der Waals surface area contributed by atoms with Crippen molar-refractivity contribution in [3.8, 4) is 55.6 Å². The third kappa shape index (κ3) is 5.02. The van der Waals surface area contributed by atoms with Gasteiger partial charge in [-0.05, 0) is 229 Å². The first-order valence-corrected chi connectivity index (χ1v) is 26.1. The molecule has 0 bridgehead atoms. The maximum atomic E-state index is 2.56. The van der Waals surface area contributed by atoms with Crippen molar-refractivity contribution in [3.63, 3.8) is 0 Å². The van der Waals surface area contributed by atoms with Crippen LogP contribution in [0, 0.1) is 13.8 Å². The van der Waals surface area contributed by atoms with Gasteiger partial charge >= 0.3 is 0 Å². The molecular formula is C72H50. The molecule has 0 radical (unpaired) electrons. The molecule has 0 saturated heterocycles. The molecular weight excluding hydrogens is 865 g/mol. The van der Waals surface area contributed by atoms with Gasteiger partial charge in [-0.15, -0.1) is 0 Å². The molecule has 0 unspecified atom stereocenters. The van der Waals surface area contributed by atoms with E-state index in [1.807, 2.05) is 0 Å². The van der Waals surface area contributed by atoms with Crippen LogP contribution in [0.4, 0.5) is 0 Å². The summed E-state index contributed by atoms with van der Waals surface area (Å²) in [6.07, 6.45) is 0. The summed E-state index contributed by atoms with van der Waals surface area (Å²) in [5.74, 6) is 0.861. The highest BCUT2D eigenvalue weighted by Gasteiger charge is 2.30. The van der Waals surface area contributed by atoms with Gasteiger partial charge in [-0.1, -0.05) is 191 Å². The van der Waals surface area contributed by atoms with Gasteiger partial charge in [-0.2, -0.15) is 0 Å². The Morgan fingerprint density at radius 2 is 0.681 bits per heavy atom. The summed E-state index contributed by atoms with van der Waals surface area (Å²) in [4.78, 5) is 0. The molecule has 0 heteroatoms. The van der Waals surface area contributed by atoms with E-state index < -0.39 is 0 Å². The van der Waals surface area contributed by atoms with Crippen LogP contribution in [0.1, 0.15) is 61.8 Å². The second kappa shape index (κ2) is 14.2. The number of hydrogen-bond donors (Lipinski definition) is 0. The maximum absolute atomic E-state index is 2.56. The molecule has 338 valence electrons. The van der Waals surface area contributed by atoms with Gasteiger partial charge in [0.25, 0.3) is 0 Å². The Bertz CT molecular complexity index is 4630.